The van der Waals surface area contributed by atoms with Crippen LogP contribution in [0.4, 0.5) is 5.69 Å². The summed E-state index contributed by atoms with van der Waals surface area (Å²) in [4.78, 5) is 4.14. The monoisotopic (exact) mass is 242 g/mol. The number of hydrogen-bond acceptors (Lipinski definition) is 3. The molecule has 0 bridgehead atoms. The molecule has 1 N–H and O–H groups in total. The van der Waals surface area contributed by atoms with Crippen LogP contribution in [0.25, 0.3) is 0 Å². The van der Waals surface area contributed by atoms with E-state index < -0.39 is 0 Å². The molecule has 0 aliphatic heterocycles. The molecule has 0 fully saturated rings. The van der Waals surface area contributed by atoms with E-state index in [2.05, 4.69) is 30.2 Å². The molecule has 94 valence electrons. The van der Waals surface area contributed by atoms with Gasteiger partial charge >= 0.3 is 0 Å². The minimum absolute atomic E-state index is 0.749. The number of benzene rings is 1. The molecule has 0 aliphatic carbocycles. The number of anilines is 1. The van der Waals surface area contributed by atoms with Crippen LogP contribution < -0.4 is 10.1 Å². The quantitative estimate of drug-likeness (QED) is 0.893. The van der Waals surface area contributed by atoms with Gasteiger partial charge in [0.05, 0.1) is 12.8 Å². The van der Waals surface area contributed by atoms with Crippen LogP contribution in [0.1, 0.15) is 16.7 Å². The second-order valence-electron chi connectivity index (χ2n) is 4.36. The molecule has 3 heteroatoms. The van der Waals surface area contributed by atoms with Crippen LogP contribution in [-0.2, 0) is 6.54 Å². The van der Waals surface area contributed by atoms with Gasteiger partial charge in [0.25, 0.3) is 0 Å². The summed E-state index contributed by atoms with van der Waals surface area (Å²) < 4.78 is 5.37. The van der Waals surface area contributed by atoms with Crippen molar-refractivity contribution in [1.29, 1.82) is 0 Å². The van der Waals surface area contributed by atoms with Gasteiger partial charge in [-0.05, 0) is 48.7 Å². The maximum Gasteiger partial charge on any atom is 0.142 e. The third kappa shape index (κ3) is 2.80. The van der Waals surface area contributed by atoms with E-state index >= 15 is 0 Å². The first-order valence-corrected chi connectivity index (χ1v) is 5.98. The van der Waals surface area contributed by atoms with Gasteiger partial charge in [0.2, 0.25) is 0 Å². The van der Waals surface area contributed by atoms with Gasteiger partial charge in [0.15, 0.2) is 0 Å². The van der Waals surface area contributed by atoms with Crippen LogP contribution in [-0.4, -0.2) is 12.1 Å². The Bertz CT molecular complexity index is 538. The van der Waals surface area contributed by atoms with Gasteiger partial charge in [0, 0.05) is 18.9 Å². The van der Waals surface area contributed by atoms with E-state index in [1.54, 1.807) is 7.11 Å². The fourth-order valence-electron chi connectivity index (χ4n) is 1.82. The van der Waals surface area contributed by atoms with Crippen LogP contribution in [0.5, 0.6) is 5.75 Å². The molecule has 0 saturated heterocycles. The molecule has 0 aliphatic rings. The van der Waals surface area contributed by atoms with E-state index in [1.807, 2.05) is 30.6 Å². The second kappa shape index (κ2) is 5.54. The molecule has 1 aromatic heterocycles. The zero-order valence-electron chi connectivity index (χ0n) is 11.0. The smallest absolute Gasteiger partial charge is 0.142 e. The van der Waals surface area contributed by atoms with Crippen molar-refractivity contribution >= 4 is 5.69 Å². The number of pyridine rings is 1. The number of aryl methyl sites for hydroxylation is 2. The Morgan fingerprint density at radius 1 is 1.22 bits per heavy atom. The zero-order chi connectivity index (χ0) is 13.0. The highest BCUT2D eigenvalue weighted by atomic mass is 16.5. The molecule has 2 aromatic rings. The van der Waals surface area contributed by atoms with Crippen LogP contribution in [0.15, 0.2) is 36.7 Å². The van der Waals surface area contributed by atoms with Gasteiger partial charge < -0.3 is 10.1 Å². The first-order chi connectivity index (χ1) is 8.70. The predicted octanol–water partition coefficient (Wildman–Crippen LogP) is 3.32. The van der Waals surface area contributed by atoms with Crippen molar-refractivity contribution in [3.05, 3.63) is 53.3 Å². The molecule has 0 unspecified atom stereocenters. The maximum absolute atomic E-state index is 5.37. The van der Waals surface area contributed by atoms with Gasteiger partial charge in [-0.2, -0.15) is 0 Å². The largest absolute Gasteiger partial charge is 0.495 e. The van der Waals surface area contributed by atoms with Crippen LogP contribution >= 0.6 is 0 Å². The molecule has 1 aromatic carbocycles. The summed E-state index contributed by atoms with van der Waals surface area (Å²) in [6.07, 6.45) is 3.70. The van der Waals surface area contributed by atoms with Gasteiger partial charge in [-0.1, -0.05) is 6.07 Å². The van der Waals surface area contributed by atoms with Crippen molar-refractivity contribution in [3.8, 4) is 5.75 Å². The summed E-state index contributed by atoms with van der Waals surface area (Å²) in [7, 11) is 1.69. The summed E-state index contributed by atoms with van der Waals surface area (Å²) in [6.45, 7) is 4.89. The molecule has 0 saturated carbocycles. The van der Waals surface area contributed by atoms with Crippen molar-refractivity contribution in [3.63, 3.8) is 0 Å². The first-order valence-electron chi connectivity index (χ1n) is 5.98. The Labute approximate surface area is 108 Å². The number of rotatable bonds is 4. The average molecular weight is 242 g/mol. The second-order valence-corrected chi connectivity index (χ2v) is 4.36. The van der Waals surface area contributed by atoms with Crippen molar-refractivity contribution in [2.75, 3.05) is 12.4 Å². The Morgan fingerprint density at radius 2 is 2.06 bits per heavy atom. The summed E-state index contributed by atoms with van der Waals surface area (Å²) in [5.41, 5.74) is 4.63. The van der Waals surface area contributed by atoms with Crippen LogP contribution in [0.2, 0.25) is 0 Å². The molecule has 2 rings (SSSR count). The fraction of sp³-hybridized carbons (Fsp3) is 0.267. The zero-order valence-corrected chi connectivity index (χ0v) is 11.0. The number of ether oxygens (including phenoxy) is 1. The third-order valence-electron chi connectivity index (χ3n) is 2.97. The molecule has 18 heavy (non-hydrogen) atoms. The number of methoxy groups -OCH3 is 1. The summed E-state index contributed by atoms with van der Waals surface area (Å²) in [5.74, 6) is 0.872. The fourth-order valence-corrected chi connectivity index (χ4v) is 1.82. The van der Waals surface area contributed by atoms with E-state index in [9.17, 15) is 0 Å². The summed E-state index contributed by atoms with van der Waals surface area (Å²) in [6, 6.07) is 8.16. The predicted molar refractivity (Wildman–Crippen MR) is 74.0 cm³/mol. The number of aromatic nitrogens is 1. The Balaban J connectivity index is 2.13. The van der Waals surface area contributed by atoms with Crippen LogP contribution in [0, 0.1) is 13.8 Å². The lowest BCUT2D eigenvalue weighted by molar-refractivity contribution is 0.416. The molecule has 0 spiro atoms. The van der Waals surface area contributed by atoms with Crippen molar-refractivity contribution in [2.24, 2.45) is 0 Å². The Kier molecular flexibility index (Phi) is 3.82. The lowest BCUT2D eigenvalue weighted by Gasteiger charge is -2.12. The lowest BCUT2D eigenvalue weighted by Crippen LogP contribution is -2.03. The molecule has 3 nitrogen and oxygen atoms in total. The Hall–Kier alpha value is -2.03. The van der Waals surface area contributed by atoms with Crippen molar-refractivity contribution in [2.45, 2.75) is 20.4 Å². The standard InChI is InChI=1S/C15H18N2O/c1-11-4-5-14(15(8-11)18-3)17-10-13-9-16-7-6-12(13)2/h4-9,17H,10H2,1-3H3. The highest BCUT2D eigenvalue weighted by molar-refractivity contribution is 5.57. The molecule has 0 radical (unpaired) electrons. The lowest BCUT2D eigenvalue weighted by atomic mass is 10.1. The molecule has 1 heterocycles. The van der Waals surface area contributed by atoms with Crippen molar-refractivity contribution in [1.82, 2.24) is 4.98 Å². The number of nitrogens with zero attached hydrogens (tertiary/aromatic N) is 1. The van der Waals surface area contributed by atoms with E-state index in [4.69, 9.17) is 4.74 Å². The molecular weight excluding hydrogens is 224 g/mol. The van der Waals surface area contributed by atoms with Crippen molar-refractivity contribution < 1.29 is 4.74 Å². The maximum atomic E-state index is 5.37. The highest BCUT2D eigenvalue weighted by Crippen LogP contribution is 2.25. The topological polar surface area (TPSA) is 34.1 Å². The number of nitrogens with one attached hydrogen (secondary N) is 1. The Morgan fingerprint density at radius 3 is 2.78 bits per heavy atom. The van der Waals surface area contributed by atoms with E-state index in [0.29, 0.717) is 0 Å². The van der Waals surface area contributed by atoms with Gasteiger partial charge in [-0.15, -0.1) is 0 Å². The third-order valence-corrected chi connectivity index (χ3v) is 2.97. The van der Waals surface area contributed by atoms with E-state index in [0.717, 1.165) is 18.0 Å². The minimum Gasteiger partial charge on any atom is -0.495 e. The summed E-state index contributed by atoms with van der Waals surface area (Å²) >= 11 is 0. The molecule has 0 atom stereocenters. The minimum atomic E-state index is 0.749. The van der Waals surface area contributed by atoms with E-state index in [-0.39, 0.29) is 0 Å². The molecule has 0 amide bonds. The number of hydrogen-bond donors (Lipinski definition) is 1. The average Bonchev–Trinajstić information content (AvgIpc) is 2.39. The van der Waals surface area contributed by atoms with E-state index in [1.165, 1.54) is 16.7 Å². The first kappa shape index (κ1) is 12.4. The van der Waals surface area contributed by atoms with Crippen LogP contribution in [0.3, 0.4) is 0 Å². The van der Waals surface area contributed by atoms with Gasteiger partial charge in [-0.3, -0.25) is 4.98 Å². The normalized spacial score (nSPS) is 10.2. The van der Waals surface area contributed by atoms with Gasteiger partial charge in [0.1, 0.15) is 5.75 Å². The van der Waals surface area contributed by atoms with Gasteiger partial charge in [-0.25, -0.2) is 0 Å². The SMILES string of the molecule is COc1cc(C)ccc1NCc1cnccc1C. The summed E-state index contributed by atoms with van der Waals surface area (Å²) in [5, 5.41) is 3.38. The molecular formula is C15H18N2O. The highest BCUT2D eigenvalue weighted by Gasteiger charge is 2.03.